The quantitative estimate of drug-likeness (QED) is 0.130. The van der Waals surface area contributed by atoms with Gasteiger partial charge in [-0.05, 0) is 59.4 Å². The van der Waals surface area contributed by atoms with Crippen molar-refractivity contribution in [2.45, 2.75) is 46.9 Å². The van der Waals surface area contributed by atoms with Gasteiger partial charge in [0.05, 0.1) is 34.6 Å². The Kier molecular flexibility index (Phi) is 7.60. The first-order valence-electron chi connectivity index (χ1n) is 12.7. The molecule has 6 nitrogen and oxygen atoms in total. The normalized spacial score (nSPS) is 12.0. The first kappa shape index (κ1) is 28.3. The summed E-state index contributed by atoms with van der Waals surface area (Å²) in [6.45, 7) is 15.4. The van der Waals surface area contributed by atoms with Gasteiger partial charge in [0.1, 0.15) is 11.6 Å². The summed E-state index contributed by atoms with van der Waals surface area (Å²) in [5, 5.41) is 5.05. The zero-order valence-electron chi connectivity index (χ0n) is 22.4. The Morgan fingerprint density at radius 1 is 1.10 bits per heavy atom. The molecule has 2 heterocycles. The van der Waals surface area contributed by atoms with E-state index in [1.165, 1.54) is 42.6 Å². The van der Waals surface area contributed by atoms with E-state index in [1.807, 2.05) is 12.3 Å². The molecule has 0 atom stereocenters. The summed E-state index contributed by atoms with van der Waals surface area (Å²) in [7, 11) is -4.00. The van der Waals surface area contributed by atoms with Gasteiger partial charge in [-0.1, -0.05) is 49.9 Å². The molecule has 10 heteroatoms. The number of hydrogen-bond acceptors (Lipinski definition) is 4. The van der Waals surface area contributed by atoms with E-state index in [-0.39, 0.29) is 33.0 Å². The lowest BCUT2D eigenvalue weighted by Crippen LogP contribution is -2.15. The number of fused-ring (bicyclic) bond motifs is 1. The fourth-order valence-corrected chi connectivity index (χ4v) is 7.01. The highest BCUT2D eigenvalue weighted by Gasteiger charge is 2.25. The second kappa shape index (κ2) is 11.0. The van der Waals surface area contributed by atoms with Crippen molar-refractivity contribution >= 4 is 38.4 Å². The lowest BCUT2D eigenvalue weighted by molar-refractivity contribution is 0.533. The van der Waals surface area contributed by atoms with Crippen LogP contribution in [0.3, 0.4) is 0 Å². The molecule has 0 N–H and O–H groups in total. The van der Waals surface area contributed by atoms with Crippen LogP contribution in [-0.2, 0) is 22.0 Å². The number of halogens is 2. The summed E-state index contributed by atoms with van der Waals surface area (Å²) in [6, 6.07) is 14.8. The molecule has 0 unspecified atom stereocenters. The van der Waals surface area contributed by atoms with Gasteiger partial charge in [-0.15, -0.1) is 6.58 Å². The van der Waals surface area contributed by atoms with E-state index in [2.05, 4.69) is 30.4 Å². The Balaban J connectivity index is 1.67. The van der Waals surface area contributed by atoms with Gasteiger partial charge in [0.2, 0.25) is 5.69 Å². The van der Waals surface area contributed by atoms with Crippen molar-refractivity contribution in [2.24, 2.45) is 0 Å². The van der Waals surface area contributed by atoms with E-state index >= 15 is 4.39 Å². The van der Waals surface area contributed by atoms with Crippen molar-refractivity contribution in [1.29, 1.82) is 0 Å². The Morgan fingerprint density at radius 3 is 2.56 bits per heavy atom. The number of benzene rings is 3. The SMILES string of the molecule is [C-]#[N+]c1cc(Sc2c(F)cc3c(ccn3S(=O)(=O)c3ccccc3)c2Cn2cc(C(C)(C)CC=C)cn2)ccc1F. The molecular weight excluding hydrogens is 562 g/mol. The molecule has 0 amide bonds. The van der Waals surface area contributed by atoms with Crippen molar-refractivity contribution in [2.75, 3.05) is 0 Å². The average Bonchev–Trinajstić information content (AvgIpc) is 3.60. The zero-order valence-corrected chi connectivity index (χ0v) is 24.0. The number of allylic oxidation sites excluding steroid dienone is 1. The van der Waals surface area contributed by atoms with E-state index < -0.39 is 21.7 Å². The molecule has 0 saturated carbocycles. The fraction of sp³-hybridized carbons (Fsp3) is 0.161. The molecule has 5 rings (SSSR count). The topological polar surface area (TPSA) is 61.2 Å². The van der Waals surface area contributed by atoms with E-state index in [9.17, 15) is 12.8 Å². The monoisotopic (exact) mass is 588 g/mol. The Hall–Kier alpha value is -4.20. The minimum absolute atomic E-state index is 0.0806. The van der Waals surface area contributed by atoms with Gasteiger partial charge >= 0.3 is 0 Å². The molecule has 3 aromatic carbocycles. The maximum absolute atomic E-state index is 16.0. The minimum Gasteiger partial charge on any atom is -0.268 e. The summed E-state index contributed by atoms with van der Waals surface area (Å²) in [4.78, 5) is 4.00. The number of rotatable bonds is 9. The molecule has 5 aromatic rings. The number of hydrogen-bond donors (Lipinski definition) is 0. The molecule has 0 radical (unpaired) electrons. The molecule has 0 spiro atoms. The van der Waals surface area contributed by atoms with Crippen LogP contribution in [0, 0.1) is 18.2 Å². The van der Waals surface area contributed by atoms with Crippen LogP contribution in [0.15, 0.2) is 107 Å². The first-order chi connectivity index (χ1) is 19.5. The van der Waals surface area contributed by atoms with Gasteiger partial charge in [-0.25, -0.2) is 26.0 Å². The predicted octanol–water partition coefficient (Wildman–Crippen LogP) is 7.96. The predicted molar refractivity (Wildman–Crippen MR) is 157 cm³/mol. The van der Waals surface area contributed by atoms with E-state index in [0.717, 1.165) is 27.7 Å². The lowest BCUT2D eigenvalue weighted by Gasteiger charge is -2.20. The Bertz CT molecular complexity index is 1920. The average molecular weight is 589 g/mol. The van der Waals surface area contributed by atoms with Gasteiger partial charge in [-0.2, -0.15) is 5.10 Å². The van der Waals surface area contributed by atoms with Crippen LogP contribution in [-0.4, -0.2) is 22.2 Å². The third kappa shape index (κ3) is 5.43. The second-order valence-corrected chi connectivity index (χ2v) is 13.1. The molecule has 0 bridgehead atoms. The van der Waals surface area contributed by atoms with Crippen LogP contribution in [0.25, 0.3) is 15.7 Å². The Labute approximate surface area is 241 Å². The third-order valence-corrected chi connectivity index (χ3v) is 9.76. The lowest BCUT2D eigenvalue weighted by atomic mass is 9.84. The van der Waals surface area contributed by atoms with E-state index in [4.69, 9.17) is 6.57 Å². The summed E-state index contributed by atoms with van der Waals surface area (Å²) < 4.78 is 59.7. The van der Waals surface area contributed by atoms with Gasteiger partial charge in [0.25, 0.3) is 10.0 Å². The van der Waals surface area contributed by atoms with Crippen molar-refractivity contribution in [3.05, 3.63) is 126 Å². The molecule has 0 saturated heterocycles. The van der Waals surface area contributed by atoms with E-state index in [1.54, 1.807) is 35.1 Å². The standard InChI is InChI=1S/C31H26F2N4O2S2/c1-5-14-31(2,3)21-18-35-36(19-21)20-25-24-13-15-37(41(38,39)23-9-7-6-8-10-23)29(24)17-27(33)30(25)40-22-11-12-26(32)28(16-22)34-4/h5-13,15-19H,1,14,20H2,2-3H3. The number of aromatic nitrogens is 3. The van der Waals surface area contributed by atoms with Crippen molar-refractivity contribution in [1.82, 2.24) is 13.8 Å². The number of nitrogens with zero attached hydrogens (tertiary/aromatic N) is 4. The van der Waals surface area contributed by atoms with Crippen molar-refractivity contribution in [3.8, 4) is 0 Å². The van der Waals surface area contributed by atoms with Crippen molar-refractivity contribution < 1.29 is 17.2 Å². The molecule has 0 aliphatic rings. The Morgan fingerprint density at radius 2 is 1.85 bits per heavy atom. The molecular formula is C31H26F2N4O2S2. The maximum atomic E-state index is 16.0. The summed E-state index contributed by atoms with van der Waals surface area (Å²) in [6.07, 6.45) is 7.65. The van der Waals surface area contributed by atoms with Crippen molar-refractivity contribution in [3.63, 3.8) is 0 Å². The largest absolute Gasteiger partial charge is 0.268 e. The summed E-state index contributed by atoms with van der Waals surface area (Å²) in [5.41, 5.74) is 1.29. The minimum atomic E-state index is -4.00. The molecule has 2 aromatic heterocycles. The summed E-state index contributed by atoms with van der Waals surface area (Å²) in [5.74, 6) is -1.30. The van der Waals surface area contributed by atoms with Gasteiger partial charge < -0.3 is 0 Å². The molecule has 208 valence electrons. The highest BCUT2D eigenvalue weighted by Crippen LogP contribution is 2.40. The highest BCUT2D eigenvalue weighted by molar-refractivity contribution is 7.99. The van der Waals surface area contributed by atoms with E-state index in [0.29, 0.717) is 15.8 Å². The highest BCUT2D eigenvalue weighted by atomic mass is 32.2. The molecule has 0 aliphatic heterocycles. The van der Waals surface area contributed by atoms with Crippen LogP contribution >= 0.6 is 11.8 Å². The van der Waals surface area contributed by atoms with Crippen LogP contribution in [0.5, 0.6) is 0 Å². The molecule has 0 aliphatic carbocycles. The first-order valence-corrected chi connectivity index (χ1v) is 14.9. The fourth-order valence-electron chi connectivity index (χ4n) is 4.66. The van der Waals surface area contributed by atoms with Crippen LogP contribution in [0.2, 0.25) is 0 Å². The smallest absolute Gasteiger partial charge is 0.268 e. The maximum Gasteiger partial charge on any atom is 0.268 e. The van der Waals surface area contributed by atoms with Crippen LogP contribution in [0.1, 0.15) is 31.4 Å². The van der Waals surface area contributed by atoms with Gasteiger partial charge in [0.15, 0.2) is 0 Å². The van der Waals surface area contributed by atoms with Gasteiger partial charge in [-0.3, -0.25) is 4.68 Å². The summed E-state index contributed by atoms with van der Waals surface area (Å²) >= 11 is 1.05. The van der Waals surface area contributed by atoms with Crippen LogP contribution in [0.4, 0.5) is 14.5 Å². The van der Waals surface area contributed by atoms with Crippen LogP contribution < -0.4 is 0 Å². The second-order valence-electron chi connectivity index (χ2n) is 10.2. The molecule has 41 heavy (non-hydrogen) atoms. The molecule has 0 fully saturated rings. The zero-order chi connectivity index (χ0) is 29.4. The third-order valence-electron chi connectivity index (χ3n) is 6.92. The van der Waals surface area contributed by atoms with Gasteiger partial charge in [0, 0.05) is 28.7 Å².